The van der Waals surface area contributed by atoms with Crippen molar-refractivity contribution in [3.05, 3.63) is 48.0 Å². The number of benzene rings is 1. The second kappa shape index (κ2) is 4.60. The van der Waals surface area contributed by atoms with Crippen molar-refractivity contribution in [1.82, 2.24) is 4.90 Å². The maximum atomic E-state index is 5.86. The smallest absolute Gasteiger partial charge is 0.0476 e. The predicted octanol–water partition coefficient (Wildman–Crippen LogP) is 1.73. The Bertz CT molecular complexity index is 346. The molecule has 15 heavy (non-hydrogen) atoms. The fraction of sp³-hybridized carbons (Fsp3) is 0.385. The summed E-state index contributed by atoms with van der Waals surface area (Å²) in [4.78, 5) is 2.40. The van der Waals surface area contributed by atoms with Crippen molar-refractivity contribution >= 4 is 0 Å². The van der Waals surface area contributed by atoms with Crippen molar-refractivity contribution in [1.29, 1.82) is 0 Å². The summed E-state index contributed by atoms with van der Waals surface area (Å²) in [6.07, 6.45) is 3.08. The molecule has 1 aliphatic heterocycles. The third kappa shape index (κ3) is 1.96. The predicted molar refractivity (Wildman–Crippen MR) is 63.7 cm³/mol. The van der Waals surface area contributed by atoms with Crippen LogP contribution in [0.1, 0.15) is 17.2 Å². The summed E-state index contributed by atoms with van der Waals surface area (Å²) < 4.78 is 0. The van der Waals surface area contributed by atoms with E-state index in [1.54, 1.807) is 0 Å². The second-order valence-corrected chi connectivity index (χ2v) is 3.98. The number of nitrogens with two attached hydrogens (primary N) is 1. The molecule has 0 aromatic heterocycles. The van der Waals surface area contributed by atoms with Gasteiger partial charge in [-0.25, -0.2) is 0 Å². The Kier molecular flexibility index (Phi) is 3.19. The Labute approximate surface area is 91.4 Å². The van der Waals surface area contributed by atoms with Crippen LogP contribution in [0.15, 0.2) is 36.9 Å². The van der Waals surface area contributed by atoms with Crippen molar-refractivity contribution in [2.75, 3.05) is 19.6 Å². The maximum Gasteiger partial charge on any atom is 0.0476 e. The molecular weight excluding hydrogens is 184 g/mol. The van der Waals surface area contributed by atoms with Crippen molar-refractivity contribution in [3.63, 3.8) is 0 Å². The normalized spacial score (nSPS) is 21.0. The zero-order valence-corrected chi connectivity index (χ0v) is 9.02. The lowest BCUT2D eigenvalue weighted by Gasteiger charge is -2.36. The molecule has 2 nitrogen and oxygen atoms in total. The van der Waals surface area contributed by atoms with Gasteiger partial charge in [0.05, 0.1) is 0 Å². The monoisotopic (exact) mass is 202 g/mol. The van der Waals surface area contributed by atoms with Crippen LogP contribution < -0.4 is 5.73 Å². The third-order valence-corrected chi connectivity index (χ3v) is 3.11. The maximum absolute atomic E-state index is 5.86. The van der Waals surface area contributed by atoms with E-state index in [9.17, 15) is 0 Å². The standard InChI is InChI=1S/C13H18N2/c1-2-8-15-9-7-11-5-3-4-6-12(11)13(15)10-14/h2-6,13H,1,7-10,14H2. The number of hydrogen-bond acceptors (Lipinski definition) is 2. The van der Waals surface area contributed by atoms with Gasteiger partial charge in [-0.1, -0.05) is 30.3 Å². The molecule has 0 radical (unpaired) electrons. The van der Waals surface area contributed by atoms with Gasteiger partial charge in [-0.3, -0.25) is 4.90 Å². The number of rotatable bonds is 3. The molecule has 0 saturated heterocycles. The highest BCUT2D eigenvalue weighted by Crippen LogP contribution is 2.28. The third-order valence-electron chi connectivity index (χ3n) is 3.11. The van der Waals surface area contributed by atoms with Crippen LogP contribution in [0, 0.1) is 0 Å². The van der Waals surface area contributed by atoms with E-state index >= 15 is 0 Å². The molecule has 80 valence electrons. The average molecular weight is 202 g/mol. The molecule has 2 N–H and O–H groups in total. The minimum absolute atomic E-state index is 0.368. The molecule has 0 saturated carbocycles. The van der Waals surface area contributed by atoms with Gasteiger partial charge in [-0.15, -0.1) is 6.58 Å². The minimum Gasteiger partial charge on any atom is -0.329 e. The molecule has 0 fully saturated rings. The van der Waals surface area contributed by atoms with E-state index < -0.39 is 0 Å². The first-order valence-electron chi connectivity index (χ1n) is 5.49. The molecule has 1 unspecified atom stereocenters. The zero-order valence-electron chi connectivity index (χ0n) is 9.02. The highest BCUT2D eigenvalue weighted by atomic mass is 15.2. The molecule has 2 heteroatoms. The van der Waals surface area contributed by atoms with Crippen LogP contribution in [0.4, 0.5) is 0 Å². The lowest BCUT2D eigenvalue weighted by Crippen LogP contribution is -2.39. The molecule has 1 aromatic carbocycles. The van der Waals surface area contributed by atoms with E-state index in [-0.39, 0.29) is 0 Å². The van der Waals surface area contributed by atoms with E-state index in [0.29, 0.717) is 12.6 Å². The quantitative estimate of drug-likeness (QED) is 0.756. The van der Waals surface area contributed by atoms with E-state index in [0.717, 1.165) is 19.5 Å². The number of nitrogens with zero attached hydrogens (tertiary/aromatic N) is 1. The minimum atomic E-state index is 0.368. The first-order valence-corrected chi connectivity index (χ1v) is 5.49. The highest BCUT2D eigenvalue weighted by Gasteiger charge is 2.24. The zero-order chi connectivity index (χ0) is 10.7. The topological polar surface area (TPSA) is 29.3 Å². The van der Waals surface area contributed by atoms with E-state index in [2.05, 4.69) is 35.7 Å². The van der Waals surface area contributed by atoms with Gasteiger partial charge < -0.3 is 5.73 Å². The van der Waals surface area contributed by atoms with Crippen LogP contribution in [0.25, 0.3) is 0 Å². The van der Waals surface area contributed by atoms with Gasteiger partial charge in [0, 0.05) is 25.7 Å². The summed E-state index contributed by atoms with van der Waals surface area (Å²) in [7, 11) is 0. The van der Waals surface area contributed by atoms with Gasteiger partial charge in [-0.2, -0.15) is 0 Å². The summed E-state index contributed by atoms with van der Waals surface area (Å²) in [6, 6.07) is 8.98. The Hall–Kier alpha value is -1.12. The summed E-state index contributed by atoms with van der Waals surface area (Å²) >= 11 is 0. The van der Waals surface area contributed by atoms with Crippen LogP contribution in [0.2, 0.25) is 0 Å². The molecule has 0 bridgehead atoms. The lowest BCUT2D eigenvalue weighted by molar-refractivity contribution is 0.211. The summed E-state index contributed by atoms with van der Waals surface area (Å²) in [5.41, 5.74) is 8.71. The van der Waals surface area contributed by atoms with Crippen LogP contribution >= 0.6 is 0 Å². The van der Waals surface area contributed by atoms with E-state index in [1.807, 2.05) is 6.08 Å². The van der Waals surface area contributed by atoms with Gasteiger partial charge >= 0.3 is 0 Å². The fourth-order valence-electron chi connectivity index (χ4n) is 2.36. The van der Waals surface area contributed by atoms with Crippen molar-refractivity contribution in [3.8, 4) is 0 Å². The van der Waals surface area contributed by atoms with Crippen LogP contribution in [-0.4, -0.2) is 24.5 Å². The van der Waals surface area contributed by atoms with Gasteiger partial charge in [0.2, 0.25) is 0 Å². The van der Waals surface area contributed by atoms with E-state index in [4.69, 9.17) is 5.73 Å². The summed E-state index contributed by atoms with van der Waals surface area (Å²) in [6.45, 7) is 6.50. The molecule has 1 atom stereocenters. The Morgan fingerprint density at radius 1 is 1.47 bits per heavy atom. The van der Waals surface area contributed by atoms with Gasteiger partial charge in [0.1, 0.15) is 0 Å². The molecular formula is C13H18N2. The van der Waals surface area contributed by atoms with Crippen molar-refractivity contribution in [2.45, 2.75) is 12.5 Å². The molecule has 1 aromatic rings. The summed E-state index contributed by atoms with van der Waals surface area (Å²) in [5.74, 6) is 0. The molecule has 0 spiro atoms. The number of fused-ring (bicyclic) bond motifs is 1. The molecule has 1 heterocycles. The van der Waals surface area contributed by atoms with Gasteiger partial charge in [-0.05, 0) is 17.5 Å². The van der Waals surface area contributed by atoms with Crippen LogP contribution in [-0.2, 0) is 6.42 Å². The first kappa shape index (κ1) is 10.4. The molecule has 2 rings (SSSR count). The fourth-order valence-corrected chi connectivity index (χ4v) is 2.36. The van der Waals surface area contributed by atoms with E-state index in [1.165, 1.54) is 11.1 Å². The number of hydrogen-bond donors (Lipinski definition) is 1. The average Bonchev–Trinajstić information content (AvgIpc) is 2.29. The van der Waals surface area contributed by atoms with Gasteiger partial charge in [0.25, 0.3) is 0 Å². The second-order valence-electron chi connectivity index (χ2n) is 3.98. The molecule has 1 aliphatic rings. The van der Waals surface area contributed by atoms with Crippen molar-refractivity contribution in [2.24, 2.45) is 5.73 Å². The molecule has 0 aliphatic carbocycles. The Morgan fingerprint density at radius 3 is 3.00 bits per heavy atom. The lowest BCUT2D eigenvalue weighted by atomic mass is 9.92. The molecule has 0 amide bonds. The first-order chi connectivity index (χ1) is 7.36. The highest BCUT2D eigenvalue weighted by molar-refractivity contribution is 5.32. The van der Waals surface area contributed by atoms with Gasteiger partial charge in [0.15, 0.2) is 0 Å². The summed E-state index contributed by atoms with van der Waals surface area (Å²) in [5, 5.41) is 0. The van der Waals surface area contributed by atoms with Crippen molar-refractivity contribution < 1.29 is 0 Å². The largest absolute Gasteiger partial charge is 0.329 e. The Morgan fingerprint density at radius 2 is 2.27 bits per heavy atom. The Balaban J connectivity index is 2.29. The van der Waals surface area contributed by atoms with Crippen LogP contribution in [0.5, 0.6) is 0 Å². The van der Waals surface area contributed by atoms with Crippen LogP contribution in [0.3, 0.4) is 0 Å². The SMILES string of the molecule is C=CCN1CCc2ccccc2C1CN.